The maximum Gasteiger partial charge on any atom is 0.344 e. The number of esters is 1. The first-order valence-corrected chi connectivity index (χ1v) is 5.45. The van der Waals surface area contributed by atoms with Gasteiger partial charge in [-0.05, 0) is 25.5 Å². The first kappa shape index (κ1) is 10.8. The van der Waals surface area contributed by atoms with E-state index in [1.165, 1.54) is 0 Å². The number of rotatable bonds is 4. The van der Waals surface area contributed by atoms with Crippen molar-refractivity contribution in [3.63, 3.8) is 0 Å². The van der Waals surface area contributed by atoms with Crippen molar-refractivity contribution in [1.82, 2.24) is 0 Å². The second-order valence-electron chi connectivity index (χ2n) is 3.55. The van der Waals surface area contributed by atoms with Gasteiger partial charge >= 0.3 is 5.97 Å². The van der Waals surface area contributed by atoms with Crippen molar-refractivity contribution in [2.75, 3.05) is 25.1 Å². The van der Waals surface area contributed by atoms with Crippen LogP contribution in [-0.4, -0.2) is 25.7 Å². The van der Waals surface area contributed by atoms with Crippen LogP contribution in [0.1, 0.15) is 12.5 Å². The van der Waals surface area contributed by atoms with Gasteiger partial charge in [0.15, 0.2) is 6.61 Å². The fraction of sp³-hybridized carbons (Fsp3) is 0.417. The van der Waals surface area contributed by atoms with E-state index in [1.807, 2.05) is 18.2 Å². The van der Waals surface area contributed by atoms with Crippen LogP contribution in [-0.2, 0) is 16.0 Å². The zero-order chi connectivity index (χ0) is 11.4. The van der Waals surface area contributed by atoms with Crippen LogP contribution in [0.2, 0.25) is 0 Å². The van der Waals surface area contributed by atoms with Crippen molar-refractivity contribution in [2.45, 2.75) is 13.3 Å². The number of hydrogen-bond acceptors (Lipinski definition) is 4. The number of carbonyl (C=O) groups excluding carboxylic acids is 1. The summed E-state index contributed by atoms with van der Waals surface area (Å²) >= 11 is 0. The van der Waals surface area contributed by atoms with Gasteiger partial charge in [0.25, 0.3) is 0 Å². The van der Waals surface area contributed by atoms with Crippen molar-refractivity contribution in [3.8, 4) is 5.75 Å². The van der Waals surface area contributed by atoms with Crippen molar-refractivity contribution in [2.24, 2.45) is 0 Å². The molecule has 1 N–H and O–H groups in total. The molecule has 86 valence electrons. The highest BCUT2D eigenvalue weighted by Crippen LogP contribution is 2.30. The van der Waals surface area contributed by atoms with Gasteiger partial charge in [-0.15, -0.1) is 0 Å². The fourth-order valence-corrected chi connectivity index (χ4v) is 1.79. The highest BCUT2D eigenvalue weighted by Gasteiger charge is 2.15. The Hall–Kier alpha value is -1.71. The molecular formula is C12H15NO3. The zero-order valence-corrected chi connectivity index (χ0v) is 9.29. The molecule has 0 unspecified atom stereocenters. The Morgan fingerprint density at radius 2 is 2.38 bits per heavy atom. The monoisotopic (exact) mass is 221 g/mol. The van der Waals surface area contributed by atoms with Gasteiger partial charge in [-0.3, -0.25) is 0 Å². The summed E-state index contributed by atoms with van der Waals surface area (Å²) in [4.78, 5) is 11.2. The number of carbonyl (C=O) groups is 1. The third-order valence-electron chi connectivity index (χ3n) is 2.47. The summed E-state index contributed by atoms with van der Waals surface area (Å²) < 4.78 is 10.3. The summed E-state index contributed by atoms with van der Waals surface area (Å²) in [6, 6.07) is 5.81. The molecule has 0 radical (unpaired) electrons. The Balaban J connectivity index is 2.00. The Kier molecular flexibility index (Phi) is 3.29. The molecule has 2 rings (SSSR count). The molecule has 1 aliphatic heterocycles. The third kappa shape index (κ3) is 2.27. The second kappa shape index (κ2) is 4.88. The van der Waals surface area contributed by atoms with E-state index in [2.05, 4.69) is 5.32 Å². The maximum atomic E-state index is 11.2. The van der Waals surface area contributed by atoms with E-state index in [1.54, 1.807) is 6.92 Å². The molecule has 4 nitrogen and oxygen atoms in total. The summed E-state index contributed by atoms with van der Waals surface area (Å²) in [7, 11) is 0. The van der Waals surface area contributed by atoms with Crippen LogP contribution in [0.3, 0.4) is 0 Å². The Bertz CT molecular complexity index is 390. The molecule has 0 fully saturated rings. The number of hydrogen-bond donors (Lipinski definition) is 1. The number of anilines is 1. The van der Waals surface area contributed by atoms with Gasteiger partial charge < -0.3 is 14.8 Å². The van der Waals surface area contributed by atoms with Crippen molar-refractivity contribution < 1.29 is 14.3 Å². The molecule has 1 heterocycles. The number of ether oxygens (including phenoxy) is 2. The molecule has 0 bridgehead atoms. The molecule has 0 amide bonds. The first-order valence-electron chi connectivity index (χ1n) is 5.45. The predicted octanol–water partition coefficient (Wildman–Crippen LogP) is 1.60. The standard InChI is InChI=1S/C12H15NO3/c1-2-15-12(14)8-16-11-5-3-4-10-9(11)6-7-13-10/h3-5,13H,2,6-8H2,1H3. The molecule has 1 aromatic rings. The SMILES string of the molecule is CCOC(=O)COc1cccc2c1CCN2. The van der Waals surface area contributed by atoms with Crippen LogP contribution in [0.15, 0.2) is 18.2 Å². The maximum absolute atomic E-state index is 11.2. The lowest BCUT2D eigenvalue weighted by Gasteiger charge is -2.09. The smallest absolute Gasteiger partial charge is 0.344 e. The van der Waals surface area contributed by atoms with Crippen LogP contribution in [0.4, 0.5) is 5.69 Å². The molecular weight excluding hydrogens is 206 g/mol. The Morgan fingerprint density at radius 3 is 3.19 bits per heavy atom. The molecule has 0 atom stereocenters. The molecule has 4 heteroatoms. The molecule has 0 aliphatic carbocycles. The molecule has 16 heavy (non-hydrogen) atoms. The Morgan fingerprint density at radius 1 is 1.50 bits per heavy atom. The molecule has 0 spiro atoms. The van der Waals surface area contributed by atoms with E-state index in [0.29, 0.717) is 6.61 Å². The number of benzene rings is 1. The normalized spacial score (nSPS) is 12.8. The summed E-state index contributed by atoms with van der Waals surface area (Å²) in [5.41, 5.74) is 2.24. The predicted molar refractivity (Wildman–Crippen MR) is 60.8 cm³/mol. The van der Waals surface area contributed by atoms with Gasteiger partial charge in [-0.25, -0.2) is 4.79 Å². The number of nitrogens with one attached hydrogen (secondary N) is 1. The molecule has 0 aromatic heterocycles. The molecule has 1 aromatic carbocycles. The van der Waals surface area contributed by atoms with Gasteiger partial charge in [0.1, 0.15) is 5.75 Å². The van der Waals surface area contributed by atoms with Gasteiger partial charge in [0, 0.05) is 17.8 Å². The quantitative estimate of drug-likeness (QED) is 0.784. The van der Waals surface area contributed by atoms with Gasteiger partial charge in [-0.1, -0.05) is 6.07 Å². The lowest BCUT2D eigenvalue weighted by atomic mass is 10.1. The van der Waals surface area contributed by atoms with E-state index in [4.69, 9.17) is 9.47 Å². The average Bonchev–Trinajstić information content (AvgIpc) is 2.75. The minimum atomic E-state index is -0.328. The van der Waals surface area contributed by atoms with Crippen LogP contribution in [0.25, 0.3) is 0 Å². The van der Waals surface area contributed by atoms with Crippen LogP contribution in [0.5, 0.6) is 5.75 Å². The van der Waals surface area contributed by atoms with Crippen LogP contribution < -0.4 is 10.1 Å². The van der Waals surface area contributed by atoms with Crippen molar-refractivity contribution in [3.05, 3.63) is 23.8 Å². The van der Waals surface area contributed by atoms with Gasteiger partial charge in [0.2, 0.25) is 0 Å². The molecule has 0 saturated carbocycles. The highest BCUT2D eigenvalue weighted by atomic mass is 16.6. The van der Waals surface area contributed by atoms with Crippen molar-refractivity contribution >= 4 is 11.7 Å². The van der Waals surface area contributed by atoms with E-state index in [9.17, 15) is 4.79 Å². The first-order chi connectivity index (χ1) is 7.81. The second-order valence-corrected chi connectivity index (χ2v) is 3.55. The van der Waals surface area contributed by atoms with Gasteiger partial charge in [0.05, 0.1) is 6.61 Å². The van der Waals surface area contributed by atoms with E-state index in [-0.39, 0.29) is 12.6 Å². The van der Waals surface area contributed by atoms with Crippen LogP contribution >= 0.6 is 0 Å². The van der Waals surface area contributed by atoms with E-state index < -0.39 is 0 Å². The summed E-state index contributed by atoms with van der Waals surface area (Å²) in [5, 5.41) is 3.26. The topological polar surface area (TPSA) is 47.6 Å². The van der Waals surface area contributed by atoms with Crippen LogP contribution in [0, 0.1) is 0 Å². The minimum absolute atomic E-state index is 0.0235. The fourth-order valence-electron chi connectivity index (χ4n) is 1.79. The minimum Gasteiger partial charge on any atom is -0.482 e. The van der Waals surface area contributed by atoms with E-state index in [0.717, 1.165) is 30.0 Å². The summed E-state index contributed by atoms with van der Waals surface area (Å²) in [5.74, 6) is 0.446. The largest absolute Gasteiger partial charge is 0.482 e. The van der Waals surface area contributed by atoms with Crippen molar-refractivity contribution in [1.29, 1.82) is 0 Å². The highest BCUT2D eigenvalue weighted by molar-refractivity contribution is 5.71. The zero-order valence-electron chi connectivity index (χ0n) is 9.29. The van der Waals surface area contributed by atoms with E-state index >= 15 is 0 Å². The average molecular weight is 221 g/mol. The lowest BCUT2D eigenvalue weighted by Crippen LogP contribution is -2.15. The lowest BCUT2D eigenvalue weighted by molar-refractivity contribution is -0.145. The molecule has 0 saturated heterocycles. The summed E-state index contributed by atoms with van der Waals surface area (Å²) in [6.45, 7) is 3.07. The summed E-state index contributed by atoms with van der Waals surface area (Å²) in [6.07, 6.45) is 0.939. The Labute approximate surface area is 94.6 Å². The molecule has 1 aliphatic rings. The third-order valence-corrected chi connectivity index (χ3v) is 2.47. The van der Waals surface area contributed by atoms with Gasteiger partial charge in [-0.2, -0.15) is 0 Å². The number of fused-ring (bicyclic) bond motifs is 1.